The van der Waals surface area contributed by atoms with E-state index in [1.54, 1.807) is 6.92 Å². The molecule has 1 aromatic carbocycles. The maximum absolute atomic E-state index is 13.2. The molecule has 0 unspecified atom stereocenters. The highest BCUT2D eigenvalue weighted by molar-refractivity contribution is 7.89. The van der Waals surface area contributed by atoms with Crippen LogP contribution in [-0.2, 0) is 10.0 Å². The van der Waals surface area contributed by atoms with Gasteiger partial charge in [0.1, 0.15) is 5.82 Å². The van der Waals surface area contributed by atoms with Crippen molar-refractivity contribution in [3.63, 3.8) is 0 Å². The van der Waals surface area contributed by atoms with Crippen LogP contribution < -0.4 is 5.73 Å². The Morgan fingerprint density at radius 3 is 2.67 bits per heavy atom. The Labute approximate surface area is 106 Å². The van der Waals surface area contributed by atoms with E-state index in [4.69, 9.17) is 5.73 Å². The first kappa shape index (κ1) is 13.0. The third kappa shape index (κ3) is 2.26. The van der Waals surface area contributed by atoms with Crippen molar-refractivity contribution in [1.29, 1.82) is 0 Å². The number of hydrogen-bond acceptors (Lipinski definition) is 3. The summed E-state index contributed by atoms with van der Waals surface area (Å²) in [7, 11) is -3.60. The number of benzene rings is 1. The SMILES string of the molecule is Cc1cc(F)c(N)cc1S(=O)(=O)N1CC=CCC1. The molecule has 2 N–H and O–H groups in total. The van der Waals surface area contributed by atoms with Gasteiger partial charge < -0.3 is 5.73 Å². The third-order valence-electron chi connectivity index (χ3n) is 2.93. The summed E-state index contributed by atoms with van der Waals surface area (Å²) in [4.78, 5) is 0.0803. The molecular weight excluding hydrogens is 255 g/mol. The number of aryl methyl sites for hydroxylation is 1. The van der Waals surface area contributed by atoms with Crippen LogP contribution in [0.5, 0.6) is 0 Å². The number of nitrogens with two attached hydrogens (primary N) is 1. The van der Waals surface area contributed by atoms with E-state index in [1.165, 1.54) is 10.4 Å². The minimum Gasteiger partial charge on any atom is -0.396 e. The molecule has 2 rings (SSSR count). The summed E-state index contributed by atoms with van der Waals surface area (Å²) >= 11 is 0. The van der Waals surface area contributed by atoms with Crippen molar-refractivity contribution in [2.75, 3.05) is 18.8 Å². The normalized spacial score (nSPS) is 17.0. The molecule has 0 atom stereocenters. The van der Waals surface area contributed by atoms with Crippen LogP contribution in [0, 0.1) is 12.7 Å². The molecule has 0 spiro atoms. The molecule has 0 radical (unpaired) electrons. The van der Waals surface area contributed by atoms with Gasteiger partial charge in [0.05, 0.1) is 10.6 Å². The number of halogens is 1. The Morgan fingerprint density at radius 2 is 2.06 bits per heavy atom. The van der Waals surface area contributed by atoms with E-state index in [9.17, 15) is 12.8 Å². The van der Waals surface area contributed by atoms with E-state index in [1.807, 2.05) is 12.2 Å². The Kier molecular flexibility index (Phi) is 3.41. The van der Waals surface area contributed by atoms with Gasteiger partial charge in [-0.15, -0.1) is 0 Å². The second-order valence-electron chi connectivity index (χ2n) is 4.26. The first-order valence-electron chi connectivity index (χ1n) is 5.63. The average molecular weight is 270 g/mol. The summed E-state index contributed by atoms with van der Waals surface area (Å²) in [6.45, 7) is 2.35. The summed E-state index contributed by atoms with van der Waals surface area (Å²) in [6.07, 6.45) is 4.44. The Bertz CT molecular complexity index is 596. The standard InChI is InChI=1S/C12H15FN2O2S/c1-9-7-10(13)11(14)8-12(9)18(16,17)15-5-3-2-4-6-15/h2-3,7-8H,4-6,14H2,1H3. The van der Waals surface area contributed by atoms with Crippen molar-refractivity contribution in [2.24, 2.45) is 0 Å². The number of nitrogens with zero attached hydrogens (tertiary/aromatic N) is 1. The molecule has 6 heteroatoms. The monoisotopic (exact) mass is 270 g/mol. The first-order valence-corrected chi connectivity index (χ1v) is 7.07. The zero-order valence-electron chi connectivity index (χ0n) is 10.1. The fourth-order valence-corrected chi connectivity index (χ4v) is 3.57. The maximum atomic E-state index is 13.2. The molecule has 0 saturated heterocycles. The molecule has 1 aliphatic rings. The zero-order valence-corrected chi connectivity index (χ0v) is 10.9. The van der Waals surface area contributed by atoms with Gasteiger partial charge in [-0.05, 0) is 31.0 Å². The number of sulfonamides is 1. The minimum absolute atomic E-state index is 0.0803. The number of nitrogen functional groups attached to an aromatic ring is 1. The average Bonchev–Trinajstić information content (AvgIpc) is 2.34. The number of anilines is 1. The van der Waals surface area contributed by atoms with Crippen molar-refractivity contribution in [1.82, 2.24) is 4.31 Å². The van der Waals surface area contributed by atoms with Crippen LogP contribution in [0.1, 0.15) is 12.0 Å². The molecule has 1 heterocycles. The van der Waals surface area contributed by atoms with Gasteiger partial charge in [0.2, 0.25) is 10.0 Å². The van der Waals surface area contributed by atoms with Gasteiger partial charge in [0.15, 0.2) is 0 Å². The highest BCUT2D eigenvalue weighted by Crippen LogP contribution is 2.25. The van der Waals surface area contributed by atoms with Gasteiger partial charge in [-0.25, -0.2) is 12.8 Å². The quantitative estimate of drug-likeness (QED) is 0.656. The smallest absolute Gasteiger partial charge is 0.243 e. The minimum atomic E-state index is -3.60. The lowest BCUT2D eigenvalue weighted by molar-refractivity contribution is 0.437. The van der Waals surface area contributed by atoms with Gasteiger partial charge in [-0.1, -0.05) is 12.2 Å². The first-order chi connectivity index (χ1) is 8.43. The molecule has 0 aromatic heterocycles. The van der Waals surface area contributed by atoms with Crippen molar-refractivity contribution in [3.8, 4) is 0 Å². The lowest BCUT2D eigenvalue weighted by Gasteiger charge is -2.23. The second-order valence-corrected chi connectivity index (χ2v) is 6.17. The molecule has 0 amide bonds. The van der Waals surface area contributed by atoms with Crippen LogP contribution in [0.4, 0.5) is 10.1 Å². The third-order valence-corrected chi connectivity index (χ3v) is 4.94. The second kappa shape index (κ2) is 4.70. The molecule has 0 fully saturated rings. The summed E-state index contributed by atoms with van der Waals surface area (Å²) in [5, 5.41) is 0. The van der Waals surface area contributed by atoms with Gasteiger partial charge in [0.25, 0.3) is 0 Å². The molecular formula is C12H15FN2O2S. The fraction of sp³-hybridized carbons (Fsp3) is 0.333. The van der Waals surface area contributed by atoms with E-state index >= 15 is 0 Å². The van der Waals surface area contributed by atoms with E-state index in [2.05, 4.69) is 0 Å². The van der Waals surface area contributed by atoms with Crippen LogP contribution in [0.15, 0.2) is 29.2 Å². The maximum Gasteiger partial charge on any atom is 0.243 e. The molecule has 18 heavy (non-hydrogen) atoms. The summed E-state index contributed by atoms with van der Waals surface area (Å²) < 4.78 is 39.4. The van der Waals surface area contributed by atoms with E-state index < -0.39 is 15.8 Å². The Hall–Kier alpha value is -1.40. The lowest BCUT2D eigenvalue weighted by Crippen LogP contribution is -2.34. The summed E-state index contributed by atoms with van der Waals surface area (Å²) in [6, 6.07) is 2.35. The molecule has 4 nitrogen and oxygen atoms in total. The molecule has 1 aromatic rings. The summed E-state index contributed by atoms with van der Waals surface area (Å²) in [5.74, 6) is -0.593. The molecule has 0 aliphatic carbocycles. The van der Waals surface area contributed by atoms with Gasteiger partial charge in [-0.3, -0.25) is 0 Å². The van der Waals surface area contributed by atoms with Crippen molar-refractivity contribution in [3.05, 3.63) is 35.7 Å². The van der Waals surface area contributed by atoms with Gasteiger partial charge >= 0.3 is 0 Å². The predicted molar refractivity (Wildman–Crippen MR) is 68.1 cm³/mol. The summed E-state index contributed by atoms with van der Waals surface area (Å²) in [5.41, 5.74) is 5.67. The molecule has 98 valence electrons. The van der Waals surface area contributed by atoms with E-state index in [0.29, 0.717) is 25.1 Å². The number of rotatable bonds is 2. The van der Waals surface area contributed by atoms with Crippen molar-refractivity contribution >= 4 is 15.7 Å². The number of hydrogen-bond donors (Lipinski definition) is 1. The predicted octanol–water partition coefficient (Wildman–Crippen LogP) is 1.67. The van der Waals surface area contributed by atoms with Gasteiger partial charge in [0, 0.05) is 13.1 Å². The zero-order chi connectivity index (χ0) is 13.3. The van der Waals surface area contributed by atoms with Crippen LogP contribution in [0.2, 0.25) is 0 Å². The lowest BCUT2D eigenvalue weighted by atomic mass is 10.2. The van der Waals surface area contributed by atoms with E-state index in [-0.39, 0.29) is 10.6 Å². The topological polar surface area (TPSA) is 63.4 Å². The Morgan fingerprint density at radius 1 is 1.33 bits per heavy atom. The van der Waals surface area contributed by atoms with Crippen LogP contribution in [0.3, 0.4) is 0 Å². The molecule has 0 saturated carbocycles. The van der Waals surface area contributed by atoms with E-state index in [0.717, 1.165) is 6.07 Å². The largest absolute Gasteiger partial charge is 0.396 e. The molecule has 0 bridgehead atoms. The van der Waals surface area contributed by atoms with Gasteiger partial charge in [-0.2, -0.15) is 4.31 Å². The molecule has 1 aliphatic heterocycles. The highest BCUT2D eigenvalue weighted by atomic mass is 32.2. The fourth-order valence-electron chi connectivity index (χ4n) is 1.92. The Balaban J connectivity index is 2.47. The van der Waals surface area contributed by atoms with Crippen molar-refractivity contribution < 1.29 is 12.8 Å². The highest BCUT2D eigenvalue weighted by Gasteiger charge is 2.26. The van der Waals surface area contributed by atoms with Crippen LogP contribution in [-0.4, -0.2) is 25.8 Å². The van der Waals surface area contributed by atoms with Crippen LogP contribution in [0.25, 0.3) is 0 Å². The van der Waals surface area contributed by atoms with Crippen molar-refractivity contribution in [2.45, 2.75) is 18.2 Å². The van der Waals surface area contributed by atoms with Crippen LogP contribution >= 0.6 is 0 Å².